The molecule has 1 unspecified atom stereocenters. The molecule has 20 heavy (non-hydrogen) atoms. The summed E-state index contributed by atoms with van der Waals surface area (Å²) in [4.78, 5) is 2.34. The van der Waals surface area contributed by atoms with E-state index in [0.717, 1.165) is 38.9 Å². The Morgan fingerprint density at radius 2 is 1.95 bits per heavy atom. The monoisotopic (exact) mass is 303 g/mol. The summed E-state index contributed by atoms with van der Waals surface area (Å²) < 4.78 is 26.8. The molecule has 2 aliphatic rings. The summed E-state index contributed by atoms with van der Waals surface area (Å²) in [5.74, 6) is 0.919. The third kappa shape index (κ3) is 5.68. The van der Waals surface area contributed by atoms with Gasteiger partial charge in [0.25, 0.3) is 0 Å². The van der Waals surface area contributed by atoms with Crippen molar-refractivity contribution in [2.75, 3.05) is 39.0 Å². The van der Waals surface area contributed by atoms with E-state index in [1.165, 1.54) is 19.3 Å². The standard InChI is InChI=1S/C14H29N3O2S/c1-17-10-6-13(7-11-17)5-9-16-20(18,19)12-14-4-2-3-8-15-14/h13-16H,2-12H2,1H3. The Labute approximate surface area is 123 Å². The van der Waals surface area contributed by atoms with Gasteiger partial charge in [0.05, 0.1) is 5.75 Å². The molecule has 0 bridgehead atoms. The molecule has 2 N–H and O–H groups in total. The average molecular weight is 303 g/mol. The minimum atomic E-state index is -3.12. The van der Waals surface area contributed by atoms with Gasteiger partial charge in [0.1, 0.15) is 0 Å². The first-order chi connectivity index (χ1) is 9.55. The zero-order valence-electron chi connectivity index (χ0n) is 12.6. The number of nitrogens with zero attached hydrogens (tertiary/aromatic N) is 1. The molecule has 0 aliphatic carbocycles. The van der Waals surface area contributed by atoms with Crippen LogP contribution in [-0.2, 0) is 10.0 Å². The molecule has 0 radical (unpaired) electrons. The Morgan fingerprint density at radius 3 is 2.60 bits per heavy atom. The Morgan fingerprint density at radius 1 is 1.20 bits per heavy atom. The second-order valence-corrected chi connectivity index (χ2v) is 8.21. The molecule has 0 aromatic carbocycles. The van der Waals surface area contributed by atoms with Crippen LogP contribution in [0.2, 0.25) is 0 Å². The Balaban J connectivity index is 1.64. The van der Waals surface area contributed by atoms with Crippen molar-refractivity contribution in [3.63, 3.8) is 0 Å². The maximum Gasteiger partial charge on any atom is 0.213 e. The van der Waals surface area contributed by atoms with Crippen LogP contribution in [0.25, 0.3) is 0 Å². The Bertz CT molecular complexity index is 372. The minimum absolute atomic E-state index is 0.143. The summed E-state index contributed by atoms with van der Waals surface area (Å²) in [5, 5.41) is 3.30. The molecule has 2 rings (SSSR count). The van der Waals surface area contributed by atoms with Gasteiger partial charge < -0.3 is 10.2 Å². The second kappa shape index (κ2) is 7.73. The van der Waals surface area contributed by atoms with Crippen LogP contribution in [0.15, 0.2) is 0 Å². The van der Waals surface area contributed by atoms with Gasteiger partial charge in [-0.15, -0.1) is 0 Å². The van der Waals surface area contributed by atoms with Crippen LogP contribution in [0.1, 0.15) is 38.5 Å². The molecule has 118 valence electrons. The number of likely N-dealkylation sites (tertiary alicyclic amines) is 1. The smallest absolute Gasteiger partial charge is 0.213 e. The molecule has 2 aliphatic heterocycles. The van der Waals surface area contributed by atoms with E-state index in [1.54, 1.807) is 0 Å². The molecule has 2 heterocycles. The zero-order valence-corrected chi connectivity index (χ0v) is 13.4. The summed E-state index contributed by atoms with van der Waals surface area (Å²) in [6.07, 6.45) is 6.66. The van der Waals surface area contributed by atoms with Crippen LogP contribution >= 0.6 is 0 Å². The average Bonchev–Trinajstić information content (AvgIpc) is 2.41. The predicted molar refractivity (Wildman–Crippen MR) is 82.3 cm³/mol. The van der Waals surface area contributed by atoms with E-state index in [0.29, 0.717) is 12.5 Å². The summed E-state index contributed by atoms with van der Waals surface area (Å²) in [7, 11) is -0.967. The van der Waals surface area contributed by atoms with Crippen LogP contribution in [0.4, 0.5) is 0 Å². The molecule has 2 saturated heterocycles. The number of piperidine rings is 2. The fraction of sp³-hybridized carbons (Fsp3) is 1.00. The molecule has 6 heteroatoms. The summed E-state index contributed by atoms with van der Waals surface area (Å²) in [5.41, 5.74) is 0. The zero-order chi connectivity index (χ0) is 14.4. The highest BCUT2D eigenvalue weighted by Gasteiger charge is 2.21. The molecule has 2 fully saturated rings. The van der Waals surface area contributed by atoms with E-state index in [1.807, 2.05) is 0 Å². The normalized spacial score (nSPS) is 26.8. The molecular weight excluding hydrogens is 274 g/mol. The van der Waals surface area contributed by atoms with Gasteiger partial charge in [0.15, 0.2) is 0 Å². The highest BCUT2D eigenvalue weighted by Crippen LogP contribution is 2.18. The van der Waals surface area contributed by atoms with Crippen LogP contribution in [0.5, 0.6) is 0 Å². The number of rotatable bonds is 6. The highest BCUT2D eigenvalue weighted by molar-refractivity contribution is 7.89. The number of sulfonamides is 1. The number of hydrogen-bond donors (Lipinski definition) is 2. The van der Waals surface area contributed by atoms with Crippen LogP contribution in [0.3, 0.4) is 0 Å². The van der Waals surface area contributed by atoms with Crippen molar-refractivity contribution in [2.45, 2.75) is 44.6 Å². The van der Waals surface area contributed by atoms with Crippen molar-refractivity contribution in [3.8, 4) is 0 Å². The van der Waals surface area contributed by atoms with Crippen molar-refractivity contribution in [1.29, 1.82) is 0 Å². The summed E-state index contributed by atoms with van der Waals surface area (Å²) in [6.45, 7) is 3.84. The lowest BCUT2D eigenvalue weighted by Gasteiger charge is -2.29. The second-order valence-electron chi connectivity index (χ2n) is 6.36. The first kappa shape index (κ1) is 16.2. The van der Waals surface area contributed by atoms with E-state index >= 15 is 0 Å². The van der Waals surface area contributed by atoms with E-state index in [9.17, 15) is 8.42 Å². The molecule has 5 nitrogen and oxygen atoms in total. The van der Waals surface area contributed by atoms with Gasteiger partial charge in [-0.1, -0.05) is 6.42 Å². The van der Waals surface area contributed by atoms with Gasteiger partial charge in [0, 0.05) is 12.6 Å². The van der Waals surface area contributed by atoms with Gasteiger partial charge in [-0.3, -0.25) is 0 Å². The lowest BCUT2D eigenvalue weighted by Crippen LogP contribution is -2.43. The largest absolute Gasteiger partial charge is 0.313 e. The van der Waals surface area contributed by atoms with Gasteiger partial charge in [-0.05, 0) is 64.7 Å². The Hall–Kier alpha value is -0.170. The van der Waals surface area contributed by atoms with E-state index in [4.69, 9.17) is 0 Å². The molecular formula is C14H29N3O2S. The van der Waals surface area contributed by atoms with Crippen molar-refractivity contribution in [1.82, 2.24) is 14.9 Å². The van der Waals surface area contributed by atoms with Crippen molar-refractivity contribution < 1.29 is 8.42 Å². The van der Waals surface area contributed by atoms with Crippen molar-refractivity contribution >= 4 is 10.0 Å². The van der Waals surface area contributed by atoms with Crippen molar-refractivity contribution in [3.05, 3.63) is 0 Å². The fourth-order valence-electron chi connectivity index (χ4n) is 3.16. The topological polar surface area (TPSA) is 61.4 Å². The molecule has 0 saturated carbocycles. The van der Waals surface area contributed by atoms with E-state index < -0.39 is 10.0 Å². The lowest BCUT2D eigenvalue weighted by atomic mass is 9.94. The van der Waals surface area contributed by atoms with Crippen LogP contribution in [0, 0.1) is 5.92 Å². The number of nitrogens with one attached hydrogen (secondary N) is 2. The van der Waals surface area contributed by atoms with Crippen LogP contribution in [-0.4, -0.2) is 58.3 Å². The fourth-order valence-corrected chi connectivity index (χ4v) is 4.52. The molecule has 1 atom stereocenters. The predicted octanol–water partition coefficient (Wildman–Crippen LogP) is 0.780. The first-order valence-electron chi connectivity index (χ1n) is 7.94. The van der Waals surface area contributed by atoms with E-state index in [-0.39, 0.29) is 11.8 Å². The van der Waals surface area contributed by atoms with Gasteiger partial charge in [-0.2, -0.15) is 0 Å². The lowest BCUT2D eigenvalue weighted by molar-refractivity contribution is 0.213. The molecule has 0 amide bonds. The summed E-state index contributed by atoms with van der Waals surface area (Å²) >= 11 is 0. The van der Waals surface area contributed by atoms with Gasteiger partial charge >= 0.3 is 0 Å². The SMILES string of the molecule is CN1CCC(CCNS(=O)(=O)CC2CCCCN2)CC1. The highest BCUT2D eigenvalue weighted by atomic mass is 32.2. The van der Waals surface area contributed by atoms with E-state index in [2.05, 4.69) is 22.0 Å². The first-order valence-corrected chi connectivity index (χ1v) is 9.60. The van der Waals surface area contributed by atoms with Gasteiger partial charge in [0.2, 0.25) is 10.0 Å². The van der Waals surface area contributed by atoms with Crippen molar-refractivity contribution in [2.24, 2.45) is 5.92 Å². The summed E-state index contributed by atoms with van der Waals surface area (Å²) in [6, 6.07) is 0.143. The Kier molecular flexibility index (Phi) is 6.26. The molecule has 0 aromatic heterocycles. The minimum Gasteiger partial charge on any atom is -0.313 e. The third-order valence-electron chi connectivity index (χ3n) is 4.55. The third-order valence-corrected chi connectivity index (χ3v) is 6.03. The quantitative estimate of drug-likeness (QED) is 0.761. The molecule has 0 spiro atoms. The van der Waals surface area contributed by atoms with Gasteiger partial charge in [-0.25, -0.2) is 13.1 Å². The molecule has 0 aromatic rings. The maximum absolute atomic E-state index is 12.0. The van der Waals surface area contributed by atoms with Crippen LogP contribution < -0.4 is 10.0 Å². The number of hydrogen-bond acceptors (Lipinski definition) is 4. The maximum atomic E-state index is 12.0.